The number of carbonyl (C=O) groups excluding carboxylic acids is 1. The number of benzene rings is 1. The summed E-state index contributed by atoms with van der Waals surface area (Å²) in [5.74, 6) is 0.706. The molecule has 0 radical (unpaired) electrons. The first-order valence-electron chi connectivity index (χ1n) is 8.11. The third-order valence-electron chi connectivity index (χ3n) is 4.46. The number of halogens is 1. The topological polar surface area (TPSA) is 42.0 Å². The number of rotatable bonds is 5. The van der Waals surface area contributed by atoms with Crippen molar-refractivity contribution < 1.29 is 9.18 Å². The molecule has 1 heterocycles. The van der Waals surface area contributed by atoms with E-state index in [0.717, 1.165) is 17.8 Å². The molecule has 23 heavy (non-hydrogen) atoms. The fraction of sp³-hybridized carbons (Fsp3) is 0.368. The van der Waals surface area contributed by atoms with Crippen molar-refractivity contribution >= 4 is 5.91 Å². The second kappa shape index (κ2) is 6.49. The van der Waals surface area contributed by atoms with Crippen molar-refractivity contribution in [3.8, 4) is 0 Å². The van der Waals surface area contributed by atoms with Crippen LogP contribution in [-0.4, -0.2) is 10.9 Å². The molecule has 3 nitrogen and oxygen atoms in total. The van der Waals surface area contributed by atoms with E-state index in [-0.39, 0.29) is 17.8 Å². The number of hydrogen-bond acceptors (Lipinski definition) is 2. The van der Waals surface area contributed by atoms with Gasteiger partial charge in [-0.25, -0.2) is 4.39 Å². The zero-order chi connectivity index (χ0) is 16.4. The predicted molar refractivity (Wildman–Crippen MR) is 87.7 cm³/mol. The number of nitrogens with zero attached hydrogens (tertiary/aromatic N) is 1. The SMILES string of the molecule is CCC(NC(=O)c1ccc(F)cc1)c1cccc(C2CC2C)n1. The Bertz CT molecular complexity index is 699. The van der Waals surface area contributed by atoms with Gasteiger partial charge >= 0.3 is 0 Å². The van der Waals surface area contributed by atoms with E-state index in [1.807, 2.05) is 19.1 Å². The molecule has 0 saturated heterocycles. The highest BCUT2D eigenvalue weighted by molar-refractivity contribution is 5.94. The van der Waals surface area contributed by atoms with Crippen LogP contribution in [0, 0.1) is 11.7 Å². The van der Waals surface area contributed by atoms with Crippen LogP contribution in [0.3, 0.4) is 0 Å². The minimum absolute atomic E-state index is 0.137. The molecule has 120 valence electrons. The smallest absolute Gasteiger partial charge is 0.251 e. The number of aromatic nitrogens is 1. The lowest BCUT2D eigenvalue weighted by Crippen LogP contribution is -2.28. The van der Waals surface area contributed by atoms with Gasteiger partial charge in [0.15, 0.2) is 0 Å². The summed E-state index contributed by atoms with van der Waals surface area (Å²) in [6.07, 6.45) is 1.94. The maximum Gasteiger partial charge on any atom is 0.251 e. The average molecular weight is 312 g/mol. The molecule has 4 heteroatoms. The lowest BCUT2D eigenvalue weighted by Gasteiger charge is -2.17. The van der Waals surface area contributed by atoms with Gasteiger partial charge in [-0.1, -0.05) is 19.9 Å². The molecule has 1 aliphatic carbocycles. The molecule has 1 aromatic heterocycles. The molecule has 0 spiro atoms. The van der Waals surface area contributed by atoms with Gasteiger partial charge in [0, 0.05) is 17.2 Å². The van der Waals surface area contributed by atoms with Crippen molar-refractivity contribution in [3.63, 3.8) is 0 Å². The van der Waals surface area contributed by atoms with Crippen LogP contribution in [0.1, 0.15) is 60.4 Å². The van der Waals surface area contributed by atoms with Crippen LogP contribution >= 0.6 is 0 Å². The summed E-state index contributed by atoms with van der Waals surface area (Å²) in [4.78, 5) is 17.1. The Morgan fingerprint density at radius 1 is 1.30 bits per heavy atom. The van der Waals surface area contributed by atoms with E-state index in [1.54, 1.807) is 0 Å². The zero-order valence-corrected chi connectivity index (χ0v) is 13.4. The normalized spacial score (nSPS) is 20.8. The quantitative estimate of drug-likeness (QED) is 0.898. The Hall–Kier alpha value is -2.23. The highest BCUT2D eigenvalue weighted by atomic mass is 19.1. The molecule has 3 atom stereocenters. The summed E-state index contributed by atoms with van der Waals surface area (Å²) < 4.78 is 13.0. The van der Waals surface area contributed by atoms with Crippen molar-refractivity contribution in [1.82, 2.24) is 10.3 Å². The number of hydrogen-bond donors (Lipinski definition) is 1. The van der Waals surface area contributed by atoms with Crippen molar-refractivity contribution in [3.05, 3.63) is 65.2 Å². The molecule has 0 aliphatic heterocycles. The Morgan fingerprint density at radius 3 is 2.61 bits per heavy atom. The van der Waals surface area contributed by atoms with Gasteiger partial charge in [0.1, 0.15) is 5.82 Å². The Kier molecular flexibility index (Phi) is 4.42. The average Bonchev–Trinajstić information content (AvgIpc) is 3.30. The van der Waals surface area contributed by atoms with Crippen LogP contribution in [0.4, 0.5) is 4.39 Å². The van der Waals surface area contributed by atoms with Crippen LogP contribution < -0.4 is 5.32 Å². The minimum Gasteiger partial charge on any atom is -0.344 e. The summed E-state index contributed by atoms with van der Waals surface area (Å²) in [6.45, 7) is 4.25. The van der Waals surface area contributed by atoms with Crippen LogP contribution in [0.5, 0.6) is 0 Å². The predicted octanol–water partition coefficient (Wildman–Crippen LogP) is 4.23. The summed E-state index contributed by atoms with van der Waals surface area (Å²) >= 11 is 0. The van der Waals surface area contributed by atoms with Gasteiger partial charge < -0.3 is 5.32 Å². The van der Waals surface area contributed by atoms with Crippen molar-refractivity contribution in [2.24, 2.45) is 5.92 Å². The second-order valence-corrected chi connectivity index (χ2v) is 6.25. The first kappa shape index (κ1) is 15.7. The summed E-state index contributed by atoms with van der Waals surface area (Å²) in [5, 5.41) is 2.99. The van der Waals surface area contributed by atoms with Crippen molar-refractivity contribution in [2.45, 2.75) is 38.6 Å². The summed E-state index contributed by atoms with van der Waals surface area (Å²) in [7, 11) is 0. The van der Waals surface area contributed by atoms with Crippen molar-refractivity contribution in [1.29, 1.82) is 0 Å². The zero-order valence-electron chi connectivity index (χ0n) is 13.4. The van der Waals surface area contributed by atoms with Crippen LogP contribution in [-0.2, 0) is 0 Å². The Morgan fingerprint density at radius 2 is 2.00 bits per heavy atom. The number of pyridine rings is 1. The summed E-state index contributed by atoms with van der Waals surface area (Å²) in [6, 6.07) is 11.5. The molecule has 1 amide bonds. The van der Waals surface area contributed by atoms with Gasteiger partial charge in [0.25, 0.3) is 5.91 Å². The molecule has 1 fully saturated rings. The van der Waals surface area contributed by atoms with E-state index < -0.39 is 0 Å². The molecule has 2 aromatic rings. The van der Waals surface area contributed by atoms with Gasteiger partial charge in [-0.05, 0) is 55.2 Å². The first-order valence-corrected chi connectivity index (χ1v) is 8.11. The minimum atomic E-state index is -0.346. The Labute approximate surface area is 135 Å². The van der Waals surface area contributed by atoms with Gasteiger partial charge in [-0.2, -0.15) is 0 Å². The Balaban J connectivity index is 1.74. The third kappa shape index (κ3) is 3.58. The lowest BCUT2D eigenvalue weighted by molar-refractivity contribution is 0.0934. The standard InChI is InChI=1S/C19H21FN2O/c1-3-16(22-19(23)13-7-9-14(20)10-8-13)18-6-4-5-17(21-18)15-11-12(15)2/h4-10,12,15-16H,3,11H2,1-2H3,(H,22,23). The highest BCUT2D eigenvalue weighted by Crippen LogP contribution is 2.46. The highest BCUT2D eigenvalue weighted by Gasteiger charge is 2.35. The van der Waals surface area contributed by atoms with Gasteiger partial charge in [0.2, 0.25) is 0 Å². The number of carbonyl (C=O) groups is 1. The molecule has 1 N–H and O–H groups in total. The molecule has 3 rings (SSSR count). The third-order valence-corrected chi connectivity index (χ3v) is 4.46. The monoisotopic (exact) mass is 312 g/mol. The first-order chi connectivity index (χ1) is 11.1. The molecule has 1 aromatic carbocycles. The molecular weight excluding hydrogens is 291 g/mol. The van der Waals surface area contributed by atoms with E-state index in [1.165, 1.54) is 30.7 Å². The van der Waals surface area contributed by atoms with E-state index in [9.17, 15) is 9.18 Å². The van der Waals surface area contributed by atoms with Crippen molar-refractivity contribution in [2.75, 3.05) is 0 Å². The molecule has 0 bridgehead atoms. The molecule has 1 aliphatic rings. The van der Waals surface area contributed by atoms with Gasteiger partial charge in [-0.15, -0.1) is 0 Å². The number of nitrogens with one attached hydrogen (secondary N) is 1. The largest absolute Gasteiger partial charge is 0.344 e. The second-order valence-electron chi connectivity index (χ2n) is 6.25. The van der Waals surface area contributed by atoms with Crippen LogP contribution in [0.2, 0.25) is 0 Å². The lowest BCUT2D eigenvalue weighted by atomic mass is 10.1. The van der Waals surface area contributed by atoms with Crippen LogP contribution in [0.15, 0.2) is 42.5 Å². The molecule has 1 saturated carbocycles. The van der Waals surface area contributed by atoms with Gasteiger partial charge in [0.05, 0.1) is 11.7 Å². The van der Waals surface area contributed by atoms with E-state index in [4.69, 9.17) is 4.98 Å². The maximum absolute atomic E-state index is 13.0. The maximum atomic E-state index is 13.0. The van der Waals surface area contributed by atoms with Crippen LogP contribution in [0.25, 0.3) is 0 Å². The fourth-order valence-electron chi connectivity index (χ4n) is 2.83. The van der Waals surface area contributed by atoms with E-state index >= 15 is 0 Å². The van der Waals surface area contributed by atoms with E-state index in [0.29, 0.717) is 17.4 Å². The number of amides is 1. The molecule has 3 unspecified atom stereocenters. The van der Waals surface area contributed by atoms with E-state index in [2.05, 4.69) is 18.3 Å². The summed E-state index contributed by atoms with van der Waals surface area (Å²) in [5.41, 5.74) is 2.46. The van der Waals surface area contributed by atoms with Gasteiger partial charge in [-0.3, -0.25) is 9.78 Å². The fourth-order valence-corrected chi connectivity index (χ4v) is 2.83. The molecular formula is C19H21FN2O.